The van der Waals surface area contributed by atoms with Crippen molar-refractivity contribution in [3.05, 3.63) is 93.4 Å². The predicted molar refractivity (Wildman–Crippen MR) is 121 cm³/mol. The number of methoxy groups -OCH3 is 1. The Morgan fingerprint density at radius 1 is 1.09 bits per heavy atom. The minimum absolute atomic E-state index is 0.0463. The highest BCUT2D eigenvalue weighted by atomic mass is 16.6. The van der Waals surface area contributed by atoms with E-state index in [-0.39, 0.29) is 24.4 Å². The molecule has 0 unspecified atom stereocenters. The number of nitrogens with zero attached hydrogens (tertiary/aromatic N) is 2. The van der Waals surface area contributed by atoms with E-state index in [1.165, 1.54) is 31.6 Å². The number of nitro groups is 1. The van der Waals surface area contributed by atoms with Gasteiger partial charge in [-0.3, -0.25) is 29.9 Å². The van der Waals surface area contributed by atoms with Gasteiger partial charge in [0.2, 0.25) is 0 Å². The second kappa shape index (κ2) is 9.91. The Morgan fingerprint density at radius 3 is 2.63 bits per heavy atom. The van der Waals surface area contributed by atoms with Crippen LogP contribution in [-0.2, 0) is 22.7 Å². The van der Waals surface area contributed by atoms with Crippen molar-refractivity contribution in [2.75, 3.05) is 7.11 Å². The summed E-state index contributed by atoms with van der Waals surface area (Å²) in [5, 5.41) is 13.1. The summed E-state index contributed by atoms with van der Waals surface area (Å²) >= 11 is 0. The van der Waals surface area contributed by atoms with Gasteiger partial charge in [-0.25, -0.2) is 4.79 Å². The molecule has 11 nitrogen and oxygen atoms in total. The summed E-state index contributed by atoms with van der Waals surface area (Å²) in [6, 6.07) is 13.2. The third-order valence-electron chi connectivity index (χ3n) is 5.09. The lowest BCUT2D eigenvalue weighted by atomic mass is 10.1. The Kier molecular flexibility index (Phi) is 6.58. The van der Waals surface area contributed by atoms with E-state index in [9.17, 15) is 24.5 Å². The van der Waals surface area contributed by atoms with Crippen molar-refractivity contribution in [1.82, 2.24) is 10.2 Å². The first-order valence-corrected chi connectivity index (χ1v) is 10.3. The first-order valence-electron chi connectivity index (χ1n) is 10.3. The molecule has 0 radical (unpaired) electrons. The van der Waals surface area contributed by atoms with Crippen LogP contribution in [0.1, 0.15) is 16.9 Å². The van der Waals surface area contributed by atoms with E-state index in [1.54, 1.807) is 42.5 Å². The molecule has 4 rings (SSSR count). The fourth-order valence-electron chi connectivity index (χ4n) is 3.38. The number of imide groups is 2. The van der Waals surface area contributed by atoms with Crippen molar-refractivity contribution < 1.29 is 33.2 Å². The van der Waals surface area contributed by atoms with Crippen LogP contribution in [0.15, 0.2) is 70.9 Å². The van der Waals surface area contributed by atoms with Crippen LogP contribution >= 0.6 is 0 Å². The quantitative estimate of drug-likeness (QED) is 0.225. The van der Waals surface area contributed by atoms with E-state index < -0.39 is 22.8 Å². The van der Waals surface area contributed by atoms with Crippen molar-refractivity contribution in [2.24, 2.45) is 0 Å². The predicted octanol–water partition coefficient (Wildman–Crippen LogP) is 3.44. The molecule has 2 aromatic carbocycles. The number of amides is 4. The first kappa shape index (κ1) is 23.2. The Hall–Kier alpha value is -4.93. The maximum absolute atomic E-state index is 12.9. The van der Waals surface area contributed by atoms with Gasteiger partial charge in [0.15, 0.2) is 11.5 Å². The van der Waals surface area contributed by atoms with Crippen LogP contribution < -0.4 is 14.8 Å². The van der Waals surface area contributed by atoms with Gasteiger partial charge in [-0.2, -0.15) is 0 Å². The number of nitrogens with one attached hydrogen (secondary N) is 1. The number of non-ortho nitro benzene ring substituents is 1. The SMILES string of the molecule is COc1cc(/C=C2\C(=O)NC(=O)N(Cc3ccco3)C2=O)ccc1OCc1cccc([N+](=O)[O-])c1. The molecule has 11 heteroatoms. The maximum Gasteiger partial charge on any atom is 0.331 e. The van der Waals surface area contributed by atoms with E-state index in [4.69, 9.17) is 13.9 Å². The van der Waals surface area contributed by atoms with Crippen molar-refractivity contribution in [3.8, 4) is 11.5 Å². The third-order valence-corrected chi connectivity index (χ3v) is 5.09. The molecule has 0 aliphatic carbocycles. The molecule has 1 aromatic heterocycles. The second-order valence-corrected chi connectivity index (χ2v) is 7.41. The lowest BCUT2D eigenvalue weighted by Gasteiger charge is -2.25. The van der Waals surface area contributed by atoms with E-state index in [0.29, 0.717) is 28.4 Å². The molecule has 1 saturated heterocycles. The highest BCUT2D eigenvalue weighted by Gasteiger charge is 2.36. The molecule has 1 fully saturated rings. The summed E-state index contributed by atoms with van der Waals surface area (Å²) < 4.78 is 16.3. The molecule has 35 heavy (non-hydrogen) atoms. The molecule has 178 valence electrons. The van der Waals surface area contributed by atoms with Gasteiger partial charge < -0.3 is 13.9 Å². The molecule has 4 amide bonds. The molecule has 0 saturated carbocycles. The molecule has 2 heterocycles. The number of furan rings is 1. The average molecular weight is 477 g/mol. The molecule has 3 aromatic rings. The summed E-state index contributed by atoms with van der Waals surface area (Å²) in [7, 11) is 1.43. The Balaban J connectivity index is 1.53. The van der Waals surface area contributed by atoms with E-state index in [1.807, 2.05) is 0 Å². The first-order chi connectivity index (χ1) is 16.9. The van der Waals surface area contributed by atoms with Gasteiger partial charge >= 0.3 is 6.03 Å². The molecule has 0 bridgehead atoms. The van der Waals surface area contributed by atoms with Crippen LogP contribution in [0.4, 0.5) is 10.5 Å². The van der Waals surface area contributed by atoms with Crippen LogP contribution in [0, 0.1) is 10.1 Å². The molecular formula is C24H19N3O8. The number of benzene rings is 2. The number of nitro benzene ring substituents is 1. The monoisotopic (exact) mass is 477 g/mol. The number of rotatable bonds is 8. The maximum atomic E-state index is 12.9. The number of barbiturate groups is 1. The number of ether oxygens (including phenoxy) is 2. The fourth-order valence-corrected chi connectivity index (χ4v) is 3.38. The number of urea groups is 1. The van der Waals surface area contributed by atoms with E-state index in [0.717, 1.165) is 4.90 Å². The minimum Gasteiger partial charge on any atom is -0.493 e. The van der Waals surface area contributed by atoms with E-state index in [2.05, 4.69) is 5.32 Å². The summed E-state index contributed by atoms with van der Waals surface area (Å²) in [6.45, 7) is -0.0702. The van der Waals surface area contributed by atoms with Gasteiger partial charge in [-0.1, -0.05) is 18.2 Å². The van der Waals surface area contributed by atoms with Crippen molar-refractivity contribution in [2.45, 2.75) is 13.2 Å². The lowest BCUT2D eigenvalue weighted by Crippen LogP contribution is -2.53. The highest BCUT2D eigenvalue weighted by Crippen LogP contribution is 2.30. The van der Waals surface area contributed by atoms with Gasteiger partial charge in [-0.15, -0.1) is 0 Å². The standard InChI is InChI=1S/C24H19N3O8/c1-33-21-12-15(7-8-20(21)35-14-16-4-2-5-17(10-16)27(31)32)11-19-22(28)25-24(30)26(23(19)29)13-18-6-3-9-34-18/h2-12H,13-14H2,1H3,(H,25,28,30)/b19-11+. The average Bonchev–Trinajstić information content (AvgIpc) is 3.37. The summed E-state index contributed by atoms with van der Waals surface area (Å²) in [5.74, 6) is -0.526. The lowest BCUT2D eigenvalue weighted by molar-refractivity contribution is -0.384. The third kappa shape index (κ3) is 5.19. The Morgan fingerprint density at radius 2 is 1.91 bits per heavy atom. The molecule has 1 N–H and O–H groups in total. The van der Waals surface area contributed by atoms with Crippen LogP contribution in [0.3, 0.4) is 0 Å². The summed E-state index contributed by atoms with van der Waals surface area (Å²) in [5.41, 5.74) is 0.770. The topological polar surface area (TPSA) is 141 Å². The zero-order chi connectivity index (χ0) is 24.9. The second-order valence-electron chi connectivity index (χ2n) is 7.41. The molecular weight excluding hydrogens is 458 g/mol. The molecule has 1 aliphatic rings. The van der Waals surface area contributed by atoms with Crippen molar-refractivity contribution in [1.29, 1.82) is 0 Å². The Bertz CT molecular complexity index is 1330. The zero-order valence-corrected chi connectivity index (χ0v) is 18.4. The van der Waals surface area contributed by atoms with Crippen LogP contribution in [0.5, 0.6) is 11.5 Å². The smallest absolute Gasteiger partial charge is 0.331 e. The minimum atomic E-state index is -0.837. The van der Waals surface area contributed by atoms with Crippen LogP contribution in [-0.4, -0.2) is 34.8 Å². The summed E-state index contributed by atoms with van der Waals surface area (Å²) in [4.78, 5) is 48.7. The molecule has 1 aliphatic heterocycles. The van der Waals surface area contributed by atoms with Gasteiger partial charge in [0.25, 0.3) is 17.5 Å². The van der Waals surface area contributed by atoms with Crippen molar-refractivity contribution >= 4 is 29.6 Å². The van der Waals surface area contributed by atoms with Gasteiger partial charge in [-0.05, 0) is 41.5 Å². The van der Waals surface area contributed by atoms with E-state index >= 15 is 0 Å². The summed E-state index contributed by atoms with van der Waals surface area (Å²) in [6.07, 6.45) is 2.75. The number of hydrogen-bond donors (Lipinski definition) is 1. The zero-order valence-electron chi connectivity index (χ0n) is 18.4. The molecule has 0 atom stereocenters. The fraction of sp³-hybridized carbons (Fsp3) is 0.125. The molecule has 0 spiro atoms. The van der Waals surface area contributed by atoms with Gasteiger partial charge in [0.05, 0.1) is 24.8 Å². The largest absolute Gasteiger partial charge is 0.493 e. The van der Waals surface area contributed by atoms with Crippen molar-refractivity contribution in [3.63, 3.8) is 0 Å². The Labute approximate surface area is 198 Å². The van der Waals surface area contributed by atoms with Gasteiger partial charge in [0.1, 0.15) is 17.9 Å². The number of carbonyl (C=O) groups excluding carboxylic acids is 3. The van der Waals surface area contributed by atoms with Crippen LogP contribution in [0.25, 0.3) is 6.08 Å². The normalized spacial score (nSPS) is 14.7. The number of hydrogen-bond acceptors (Lipinski definition) is 8. The van der Waals surface area contributed by atoms with Crippen LogP contribution in [0.2, 0.25) is 0 Å². The number of carbonyl (C=O) groups is 3. The highest BCUT2D eigenvalue weighted by molar-refractivity contribution is 6.30. The van der Waals surface area contributed by atoms with Gasteiger partial charge in [0, 0.05) is 12.1 Å².